The van der Waals surface area contributed by atoms with Gasteiger partial charge in [-0.3, -0.25) is 4.72 Å². The minimum absolute atomic E-state index is 0.0368. The number of anilines is 1. The lowest BCUT2D eigenvalue weighted by Crippen LogP contribution is -2.40. The van der Waals surface area contributed by atoms with Gasteiger partial charge in [-0.25, -0.2) is 17.2 Å². The first kappa shape index (κ1) is 14.2. The number of piperidine rings is 1. The molecule has 0 aliphatic carbocycles. The van der Waals surface area contributed by atoms with Gasteiger partial charge in [-0.15, -0.1) is 0 Å². The van der Waals surface area contributed by atoms with Gasteiger partial charge in [0.05, 0.1) is 11.4 Å². The molecule has 0 radical (unpaired) electrons. The monoisotopic (exact) mass is 290 g/mol. The topological polar surface area (TPSA) is 58.2 Å². The van der Waals surface area contributed by atoms with Crippen LogP contribution in [0.3, 0.4) is 0 Å². The van der Waals surface area contributed by atoms with Crippen LogP contribution in [0.4, 0.5) is 14.5 Å². The standard InChI is InChI=1S/C12H16F2N2O2S/c13-11-5-4-9(7-12(11)14)16-19(17,18)8-10-3-1-2-6-15-10/h4-5,7,10,15-16H,1-3,6,8H2. The third-order valence-electron chi connectivity index (χ3n) is 3.03. The molecule has 1 saturated heterocycles. The second-order valence-electron chi connectivity index (χ2n) is 4.66. The van der Waals surface area contributed by atoms with Crippen molar-refractivity contribution in [3.63, 3.8) is 0 Å². The van der Waals surface area contributed by atoms with E-state index in [-0.39, 0.29) is 17.5 Å². The first-order valence-corrected chi connectivity index (χ1v) is 7.80. The second-order valence-corrected chi connectivity index (χ2v) is 6.43. The van der Waals surface area contributed by atoms with E-state index < -0.39 is 21.7 Å². The summed E-state index contributed by atoms with van der Waals surface area (Å²) in [6.45, 7) is 0.811. The molecule has 1 heterocycles. The van der Waals surface area contributed by atoms with Crippen molar-refractivity contribution in [1.29, 1.82) is 0 Å². The quantitative estimate of drug-likeness (QED) is 0.889. The summed E-state index contributed by atoms with van der Waals surface area (Å²) in [5.41, 5.74) is 0.0368. The molecule has 4 nitrogen and oxygen atoms in total. The summed E-state index contributed by atoms with van der Waals surface area (Å²) < 4.78 is 51.8. The highest BCUT2D eigenvalue weighted by atomic mass is 32.2. The third kappa shape index (κ3) is 4.14. The van der Waals surface area contributed by atoms with Crippen LogP contribution in [-0.4, -0.2) is 26.8 Å². The van der Waals surface area contributed by atoms with Crippen LogP contribution in [0.5, 0.6) is 0 Å². The largest absolute Gasteiger partial charge is 0.313 e. The van der Waals surface area contributed by atoms with Crippen molar-refractivity contribution in [1.82, 2.24) is 5.32 Å². The Balaban J connectivity index is 2.01. The maximum Gasteiger partial charge on any atom is 0.234 e. The van der Waals surface area contributed by atoms with Crippen LogP contribution < -0.4 is 10.0 Å². The molecule has 1 fully saturated rings. The maximum absolute atomic E-state index is 13.0. The van der Waals surface area contributed by atoms with Gasteiger partial charge in [0.25, 0.3) is 0 Å². The SMILES string of the molecule is O=S(=O)(CC1CCCCN1)Nc1ccc(F)c(F)c1. The summed E-state index contributed by atoms with van der Waals surface area (Å²) in [5.74, 6) is -2.14. The highest BCUT2D eigenvalue weighted by Gasteiger charge is 2.21. The van der Waals surface area contributed by atoms with E-state index in [1.165, 1.54) is 6.07 Å². The fourth-order valence-corrected chi connectivity index (χ4v) is 3.50. The lowest BCUT2D eigenvalue weighted by atomic mass is 10.1. The van der Waals surface area contributed by atoms with Crippen molar-refractivity contribution in [3.05, 3.63) is 29.8 Å². The molecule has 1 aliphatic heterocycles. The van der Waals surface area contributed by atoms with Crippen molar-refractivity contribution < 1.29 is 17.2 Å². The van der Waals surface area contributed by atoms with Crippen LogP contribution in [0.15, 0.2) is 18.2 Å². The van der Waals surface area contributed by atoms with E-state index in [2.05, 4.69) is 10.0 Å². The molecule has 106 valence electrons. The van der Waals surface area contributed by atoms with E-state index in [0.717, 1.165) is 37.9 Å². The molecular formula is C12H16F2N2O2S. The zero-order chi connectivity index (χ0) is 13.9. The third-order valence-corrected chi connectivity index (χ3v) is 4.41. The summed E-state index contributed by atoms with van der Waals surface area (Å²) in [5, 5.41) is 3.13. The molecule has 1 atom stereocenters. The maximum atomic E-state index is 13.0. The Morgan fingerprint density at radius 2 is 2.05 bits per heavy atom. The zero-order valence-corrected chi connectivity index (χ0v) is 11.1. The molecule has 1 aliphatic rings. The average Bonchev–Trinajstić information content (AvgIpc) is 2.34. The number of rotatable bonds is 4. The molecule has 1 aromatic rings. The van der Waals surface area contributed by atoms with Crippen molar-refractivity contribution >= 4 is 15.7 Å². The highest BCUT2D eigenvalue weighted by Crippen LogP contribution is 2.16. The van der Waals surface area contributed by atoms with Crippen LogP contribution in [0, 0.1) is 11.6 Å². The average molecular weight is 290 g/mol. The lowest BCUT2D eigenvalue weighted by molar-refractivity contribution is 0.424. The molecule has 19 heavy (non-hydrogen) atoms. The molecule has 1 unspecified atom stereocenters. The molecule has 0 spiro atoms. The number of benzene rings is 1. The highest BCUT2D eigenvalue weighted by molar-refractivity contribution is 7.92. The molecular weight excluding hydrogens is 274 g/mol. The number of halogens is 2. The molecule has 2 N–H and O–H groups in total. The van der Waals surface area contributed by atoms with Gasteiger partial charge in [0, 0.05) is 12.1 Å². The molecule has 1 aromatic carbocycles. The molecule has 7 heteroatoms. The summed E-state index contributed by atoms with van der Waals surface area (Å²) in [6, 6.07) is 2.84. The van der Waals surface area contributed by atoms with Gasteiger partial charge in [-0.05, 0) is 31.5 Å². The van der Waals surface area contributed by atoms with Crippen LogP contribution in [0.1, 0.15) is 19.3 Å². The Bertz CT molecular complexity index is 543. The lowest BCUT2D eigenvalue weighted by Gasteiger charge is -2.23. The van der Waals surface area contributed by atoms with Crippen molar-refractivity contribution in [2.45, 2.75) is 25.3 Å². The molecule has 2 rings (SSSR count). The van der Waals surface area contributed by atoms with E-state index in [4.69, 9.17) is 0 Å². The number of sulfonamides is 1. The van der Waals surface area contributed by atoms with Gasteiger partial charge in [0.1, 0.15) is 0 Å². The van der Waals surface area contributed by atoms with Crippen LogP contribution in [-0.2, 0) is 10.0 Å². The Morgan fingerprint density at radius 1 is 1.26 bits per heavy atom. The van der Waals surface area contributed by atoms with Gasteiger partial charge in [0.2, 0.25) is 10.0 Å². The fraction of sp³-hybridized carbons (Fsp3) is 0.500. The van der Waals surface area contributed by atoms with E-state index >= 15 is 0 Å². The van der Waals surface area contributed by atoms with Crippen LogP contribution >= 0.6 is 0 Å². The van der Waals surface area contributed by atoms with Crippen LogP contribution in [0.2, 0.25) is 0 Å². The predicted octanol–water partition coefficient (Wildman–Crippen LogP) is 1.85. The Morgan fingerprint density at radius 3 is 2.68 bits per heavy atom. The smallest absolute Gasteiger partial charge is 0.234 e. The van der Waals surface area contributed by atoms with Crippen molar-refractivity contribution in [2.75, 3.05) is 17.0 Å². The first-order chi connectivity index (χ1) is 8.96. The van der Waals surface area contributed by atoms with E-state index in [1.54, 1.807) is 0 Å². The van der Waals surface area contributed by atoms with Gasteiger partial charge in [-0.1, -0.05) is 6.42 Å². The van der Waals surface area contributed by atoms with Crippen molar-refractivity contribution in [3.8, 4) is 0 Å². The normalized spacial score (nSPS) is 20.2. The summed E-state index contributed by atoms with van der Waals surface area (Å²) in [7, 11) is -3.57. The zero-order valence-electron chi connectivity index (χ0n) is 10.3. The van der Waals surface area contributed by atoms with E-state index in [9.17, 15) is 17.2 Å². The van der Waals surface area contributed by atoms with Crippen LogP contribution in [0.25, 0.3) is 0 Å². The Hall–Kier alpha value is -1.21. The van der Waals surface area contributed by atoms with Gasteiger partial charge >= 0.3 is 0 Å². The minimum atomic E-state index is -3.57. The van der Waals surface area contributed by atoms with E-state index in [1.807, 2.05) is 0 Å². The molecule has 0 amide bonds. The van der Waals surface area contributed by atoms with E-state index in [0.29, 0.717) is 0 Å². The second kappa shape index (κ2) is 5.83. The summed E-state index contributed by atoms with van der Waals surface area (Å²) in [6.07, 6.45) is 2.85. The minimum Gasteiger partial charge on any atom is -0.313 e. The molecule has 0 saturated carbocycles. The van der Waals surface area contributed by atoms with Gasteiger partial charge < -0.3 is 5.32 Å². The molecule has 0 bridgehead atoms. The van der Waals surface area contributed by atoms with Gasteiger partial charge in [-0.2, -0.15) is 0 Å². The Labute approximate surface area is 111 Å². The van der Waals surface area contributed by atoms with Crippen molar-refractivity contribution in [2.24, 2.45) is 0 Å². The molecule has 0 aromatic heterocycles. The Kier molecular flexibility index (Phi) is 4.36. The number of hydrogen-bond donors (Lipinski definition) is 2. The first-order valence-electron chi connectivity index (χ1n) is 6.15. The number of hydrogen-bond acceptors (Lipinski definition) is 3. The predicted molar refractivity (Wildman–Crippen MR) is 69.4 cm³/mol. The summed E-state index contributed by atoms with van der Waals surface area (Å²) >= 11 is 0. The fourth-order valence-electron chi connectivity index (χ4n) is 2.11. The number of nitrogens with one attached hydrogen (secondary N) is 2. The summed E-state index contributed by atoms with van der Waals surface area (Å²) in [4.78, 5) is 0. The van der Waals surface area contributed by atoms with Gasteiger partial charge in [0.15, 0.2) is 11.6 Å².